The molecule has 2 heterocycles. The van der Waals surface area contributed by atoms with Crippen LogP contribution in [0.3, 0.4) is 0 Å². The van der Waals surface area contributed by atoms with Crippen molar-refractivity contribution in [2.45, 2.75) is 5.16 Å². The number of H-pyrrole nitrogens is 1. The van der Waals surface area contributed by atoms with Crippen LogP contribution >= 0.6 is 11.8 Å². The van der Waals surface area contributed by atoms with Crippen molar-refractivity contribution >= 4 is 35.5 Å². The van der Waals surface area contributed by atoms with Gasteiger partial charge >= 0.3 is 0 Å². The third-order valence-corrected chi connectivity index (χ3v) is 3.99. The maximum absolute atomic E-state index is 12.1. The largest absolute Gasteiger partial charge is 0.495 e. The highest BCUT2D eigenvalue weighted by Crippen LogP contribution is 2.23. The number of ether oxygens (including phenoxy) is 1. The van der Waals surface area contributed by atoms with Crippen molar-refractivity contribution in [2.24, 2.45) is 0 Å². The predicted molar refractivity (Wildman–Crippen MR) is 96.4 cm³/mol. The molecule has 3 aromatic rings. The molecule has 0 unspecified atom stereocenters. The highest BCUT2D eigenvalue weighted by molar-refractivity contribution is 7.99. The number of rotatable bonds is 7. The number of thioether (sulfide) groups is 1. The molecule has 25 heavy (non-hydrogen) atoms. The van der Waals surface area contributed by atoms with E-state index in [-0.39, 0.29) is 11.7 Å². The van der Waals surface area contributed by atoms with Gasteiger partial charge in [0.15, 0.2) is 0 Å². The molecule has 0 bridgehead atoms. The molecule has 0 saturated carbocycles. The normalized spacial score (nSPS) is 10.9. The number of carbonyl (C=O) groups excluding carboxylic acids is 1. The van der Waals surface area contributed by atoms with Crippen molar-refractivity contribution in [3.63, 3.8) is 0 Å². The number of nitrogens with zero attached hydrogens (tertiary/aromatic N) is 2. The molecule has 0 atom stereocenters. The molecule has 2 aromatic heterocycles. The van der Waals surface area contributed by atoms with Crippen LogP contribution in [0.5, 0.6) is 5.75 Å². The molecule has 128 valence electrons. The Morgan fingerprint density at radius 2 is 2.20 bits per heavy atom. The Kier molecular flexibility index (Phi) is 5.53. The van der Waals surface area contributed by atoms with Crippen LogP contribution in [0.2, 0.25) is 0 Å². The summed E-state index contributed by atoms with van der Waals surface area (Å²) in [6.45, 7) is 0. The Balaban J connectivity index is 1.52. The minimum Gasteiger partial charge on any atom is -0.495 e. The number of amides is 1. The Morgan fingerprint density at radius 3 is 3.00 bits per heavy atom. The molecule has 0 aliphatic rings. The average Bonchev–Trinajstić information content (AvgIpc) is 3.30. The monoisotopic (exact) mass is 356 g/mol. The molecule has 0 spiro atoms. The van der Waals surface area contributed by atoms with Crippen LogP contribution in [0.15, 0.2) is 52.2 Å². The van der Waals surface area contributed by atoms with E-state index < -0.39 is 0 Å². The van der Waals surface area contributed by atoms with Gasteiger partial charge in [0.25, 0.3) is 0 Å². The van der Waals surface area contributed by atoms with E-state index in [4.69, 9.17) is 9.15 Å². The minimum atomic E-state index is -0.160. The first-order chi connectivity index (χ1) is 12.2. The quantitative estimate of drug-likeness (QED) is 0.631. The van der Waals surface area contributed by atoms with Gasteiger partial charge in [0, 0.05) is 0 Å². The van der Waals surface area contributed by atoms with Crippen LogP contribution < -0.4 is 10.1 Å². The first kappa shape index (κ1) is 16.8. The minimum absolute atomic E-state index is 0.160. The van der Waals surface area contributed by atoms with Gasteiger partial charge < -0.3 is 14.5 Å². The van der Waals surface area contributed by atoms with Crippen molar-refractivity contribution < 1.29 is 13.9 Å². The standard InChI is InChI=1S/C17H16N4O3S/c1-23-14-7-3-2-6-13(14)18-16(22)11-25-17-19-15(20-21-17)9-8-12-5-4-10-24-12/h2-10H,11H2,1H3,(H,18,22)(H,19,20,21). The van der Waals surface area contributed by atoms with E-state index in [1.807, 2.05) is 24.3 Å². The van der Waals surface area contributed by atoms with E-state index in [1.54, 1.807) is 37.7 Å². The van der Waals surface area contributed by atoms with Crippen LogP contribution in [0, 0.1) is 0 Å². The van der Waals surface area contributed by atoms with Crippen molar-refractivity contribution in [2.75, 3.05) is 18.2 Å². The van der Waals surface area contributed by atoms with E-state index in [2.05, 4.69) is 20.5 Å². The summed E-state index contributed by atoms with van der Waals surface area (Å²) in [5.74, 6) is 1.96. The van der Waals surface area contributed by atoms with Gasteiger partial charge in [0.05, 0.1) is 24.8 Å². The smallest absolute Gasteiger partial charge is 0.234 e. The maximum atomic E-state index is 12.1. The number of para-hydroxylation sites is 2. The number of hydrogen-bond donors (Lipinski definition) is 2. The summed E-state index contributed by atoms with van der Waals surface area (Å²) in [4.78, 5) is 16.3. The third-order valence-electron chi connectivity index (χ3n) is 3.14. The topological polar surface area (TPSA) is 93.0 Å². The second-order valence-corrected chi connectivity index (χ2v) is 5.83. The molecule has 1 amide bonds. The summed E-state index contributed by atoms with van der Waals surface area (Å²) in [7, 11) is 1.56. The van der Waals surface area contributed by atoms with Gasteiger partial charge in [-0.15, -0.1) is 5.10 Å². The van der Waals surface area contributed by atoms with E-state index in [0.717, 1.165) is 5.76 Å². The van der Waals surface area contributed by atoms with Crippen LogP contribution in [0.4, 0.5) is 5.69 Å². The van der Waals surface area contributed by atoms with Gasteiger partial charge in [-0.05, 0) is 36.4 Å². The molecule has 0 radical (unpaired) electrons. The number of aromatic amines is 1. The Bertz CT molecular complexity index is 858. The summed E-state index contributed by atoms with van der Waals surface area (Å²) in [5, 5.41) is 10.2. The summed E-state index contributed by atoms with van der Waals surface area (Å²) in [5.41, 5.74) is 0.632. The lowest BCUT2D eigenvalue weighted by Gasteiger charge is -2.08. The van der Waals surface area contributed by atoms with Crippen molar-refractivity contribution in [1.29, 1.82) is 0 Å². The molecule has 2 N–H and O–H groups in total. The number of furan rings is 1. The highest BCUT2D eigenvalue weighted by atomic mass is 32.2. The molecule has 8 heteroatoms. The molecule has 1 aromatic carbocycles. The summed E-state index contributed by atoms with van der Waals surface area (Å²) < 4.78 is 10.4. The molecule has 0 aliphatic carbocycles. The second-order valence-electron chi connectivity index (χ2n) is 4.89. The molecule has 0 saturated heterocycles. The summed E-state index contributed by atoms with van der Waals surface area (Å²) >= 11 is 1.24. The van der Waals surface area contributed by atoms with Gasteiger partial charge in [0.1, 0.15) is 17.3 Å². The number of carbonyl (C=O) groups is 1. The predicted octanol–water partition coefficient (Wildman–Crippen LogP) is 3.31. The zero-order chi connectivity index (χ0) is 17.5. The fourth-order valence-electron chi connectivity index (χ4n) is 2.01. The molecule has 0 fully saturated rings. The van der Waals surface area contributed by atoms with Gasteiger partial charge in [-0.3, -0.25) is 9.89 Å². The van der Waals surface area contributed by atoms with E-state index in [1.165, 1.54) is 11.8 Å². The van der Waals surface area contributed by atoms with E-state index >= 15 is 0 Å². The number of anilines is 1. The first-order valence-corrected chi connectivity index (χ1v) is 8.43. The third kappa shape index (κ3) is 4.74. The van der Waals surface area contributed by atoms with Crippen molar-refractivity contribution in [3.8, 4) is 5.75 Å². The maximum Gasteiger partial charge on any atom is 0.234 e. The zero-order valence-corrected chi connectivity index (χ0v) is 14.2. The Labute approximate surface area is 148 Å². The van der Waals surface area contributed by atoms with Gasteiger partial charge in [-0.25, -0.2) is 4.98 Å². The number of methoxy groups -OCH3 is 1. The lowest BCUT2D eigenvalue weighted by molar-refractivity contribution is -0.113. The Morgan fingerprint density at radius 1 is 1.32 bits per heavy atom. The van der Waals surface area contributed by atoms with Crippen LogP contribution in [0.25, 0.3) is 12.2 Å². The average molecular weight is 356 g/mol. The second kappa shape index (κ2) is 8.20. The lowest BCUT2D eigenvalue weighted by Crippen LogP contribution is -2.14. The van der Waals surface area contributed by atoms with Crippen LogP contribution in [-0.4, -0.2) is 34.0 Å². The van der Waals surface area contributed by atoms with Crippen molar-refractivity contribution in [3.05, 3.63) is 54.2 Å². The van der Waals surface area contributed by atoms with Gasteiger partial charge in [-0.2, -0.15) is 0 Å². The molecule has 0 aliphatic heterocycles. The van der Waals surface area contributed by atoms with Crippen molar-refractivity contribution in [1.82, 2.24) is 15.2 Å². The highest BCUT2D eigenvalue weighted by Gasteiger charge is 2.09. The number of nitrogens with one attached hydrogen (secondary N) is 2. The van der Waals surface area contributed by atoms with E-state index in [0.29, 0.717) is 22.4 Å². The zero-order valence-electron chi connectivity index (χ0n) is 13.4. The SMILES string of the molecule is COc1ccccc1NC(=O)CSc1n[nH]c(C=Cc2ccco2)n1. The number of hydrogen-bond acceptors (Lipinski definition) is 6. The fraction of sp³-hybridized carbons (Fsp3) is 0.118. The first-order valence-electron chi connectivity index (χ1n) is 7.44. The number of aromatic nitrogens is 3. The van der Waals surface area contributed by atoms with Crippen LogP contribution in [-0.2, 0) is 4.79 Å². The van der Waals surface area contributed by atoms with E-state index in [9.17, 15) is 4.79 Å². The van der Waals surface area contributed by atoms with Gasteiger partial charge in [0.2, 0.25) is 11.1 Å². The van der Waals surface area contributed by atoms with Gasteiger partial charge in [-0.1, -0.05) is 23.9 Å². The fourth-order valence-corrected chi connectivity index (χ4v) is 2.61. The number of benzene rings is 1. The summed E-state index contributed by atoms with van der Waals surface area (Å²) in [6.07, 6.45) is 5.13. The Hall–Kier alpha value is -3.00. The lowest BCUT2D eigenvalue weighted by atomic mass is 10.3. The molecular formula is C17H16N4O3S. The van der Waals surface area contributed by atoms with Crippen LogP contribution in [0.1, 0.15) is 11.6 Å². The molecular weight excluding hydrogens is 340 g/mol. The summed E-state index contributed by atoms with van der Waals surface area (Å²) in [6, 6.07) is 10.9. The molecule has 7 nitrogen and oxygen atoms in total. The molecule has 3 rings (SSSR count).